The van der Waals surface area contributed by atoms with Crippen LogP contribution in [-0.4, -0.2) is 17.5 Å². The number of allylic oxidation sites excluding steroid dienone is 6. The van der Waals surface area contributed by atoms with Crippen LogP contribution in [0.2, 0.25) is 0 Å². The third-order valence-corrected chi connectivity index (χ3v) is 5.05. The smallest absolute Gasteiger partial charge is 0.0665 e. The Hall–Kier alpha value is -1.98. The van der Waals surface area contributed by atoms with Crippen molar-refractivity contribution < 1.29 is 0 Å². The van der Waals surface area contributed by atoms with Crippen molar-refractivity contribution in [3.8, 4) is 0 Å². The Kier molecular flexibility index (Phi) is 5.11. The first-order chi connectivity index (χ1) is 10.6. The van der Waals surface area contributed by atoms with Gasteiger partial charge in [0.2, 0.25) is 0 Å². The van der Waals surface area contributed by atoms with E-state index in [0.29, 0.717) is 0 Å². The first-order valence-electron chi connectivity index (χ1n) is 8.07. The zero-order valence-electron chi connectivity index (χ0n) is 13.9. The average Bonchev–Trinajstić information content (AvgIpc) is 2.90. The van der Waals surface area contributed by atoms with Gasteiger partial charge in [0.15, 0.2) is 0 Å². The molecule has 0 saturated carbocycles. The van der Waals surface area contributed by atoms with Gasteiger partial charge < -0.3 is 4.90 Å². The van der Waals surface area contributed by atoms with Crippen molar-refractivity contribution in [1.82, 2.24) is 4.90 Å². The average molecular weight is 293 g/mol. The molecule has 116 valence electrons. The van der Waals surface area contributed by atoms with Crippen molar-refractivity contribution in [2.45, 2.75) is 39.2 Å². The molecule has 0 bridgehead atoms. The molecule has 0 spiro atoms. The highest BCUT2D eigenvalue weighted by molar-refractivity contribution is 5.37. The second-order valence-electron chi connectivity index (χ2n) is 6.24. The standard InChI is InChI=1S/C21H27N/c1-6-12-18(7-2)17(4)22-16-15-21(5,20(22)8-3)19-13-10-9-11-14-19/h6-7,9-10,12-13,17H,1-3,11,14-16H2,4-5H3/b18-12+/t17-,21?/m0/s1. The Balaban J connectivity index is 2.34. The van der Waals surface area contributed by atoms with Crippen molar-refractivity contribution in [3.63, 3.8) is 0 Å². The Morgan fingerprint density at radius 2 is 2.23 bits per heavy atom. The summed E-state index contributed by atoms with van der Waals surface area (Å²) in [6.07, 6.45) is 15.9. The summed E-state index contributed by atoms with van der Waals surface area (Å²) >= 11 is 0. The van der Waals surface area contributed by atoms with E-state index in [-0.39, 0.29) is 11.5 Å². The maximum Gasteiger partial charge on any atom is 0.0665 e. The third-order valence-electron chi connectivity index (χ3n) is 5.05. The van der Waals surface area contributed by atoms with Gasteiger partial charge in [0.25, 0.3) is 0 Å². The molecule has 0 aromatic rings. The molecule has 2 rings (SSSR count). The Bertz CT molecular complexity index is 595. The predicted octanol–water partition coefficient (Wildman–Crippen LogP) is 5.33. The molecule has 1 nitrogen and oxygen atoms in total. The van der Waals surface area contributed by atoms with Gasteiger partial charge in [0, 0.05) is 12.0 Å². The SMILES string of the molecule is C=C=C1N([C@@H](C)/C(C=C)=C/C=C)CCC1(C)C1=CC=CCC1. The molecule has 1 saturated heterocycles. The molecule has 0 amide bonds. The van der Waals surface area contributed by atoms with E-state index in [1.54, 1.807) is 0 Å². The molecule has 2 atom stereocenters. The van der Waals surface area contributed by atoms with Crippen LogP contribution in [-0.2, 0) is 0 Å². The third kappa shape index (κ3) is 2.82. The highest BCUT2D eigenvalue weighted by atomic mass is 15.2. The molecule has 1 aliphatic heterocycles. The Labute approximate surface area is 135 Å². The normalized spacial score (nSPS) is 26.5. The number of hydrogen-bond donors (Lipinski definition) is 0. The maximum absolute atomic E-state index is 3.98. The van der Waals surface area contributed by atoms with E-state index in [2.05, 4.69) is 62.4 Å². The lowest BCUT2D eigenvalue weighted by Crippen LogP contribution is -2.32. The van der Waals surface area contributed by atoms with Gasteiger partial charge in [-0.2, -0.15) is 0 Å². The molecule has 1 heteroatoms. The molecule has 22 heavy (non-hydrogen) atoms. The first kappa shape index (κ1) is 16.4. The molecule has 2 aliphatic rings. The first-order valence-corrected chi connectivity index (χ1v) is 8.07. The zero-order chi connectivity index (χ0) is 16.2. The maximum atomic E-state index is 3.98. The number of likely N-dealkylation sites (tertiary alicyclic amines) is 1. The Morgan fingerprint density at radius 1 is 1.45 bits per heavy atom. The van der Waals surface area contributed by atoms with Gasteiger partial charge >= 0.3 is 0 Å². The largest absolute Gasteiger partial charge is 0.361 e. The van der Waals surface area contributed by atoms with Gasteiger partial charge in [-0.1, -0.05) is 61.8 Å². The molecule has 1 aliphatic carbocycles. The van der Waals surface area contributed by atoms with Crippen LogP contribution in [0.25, 0.3) is 0 Å². The number of hydrogen-bond acceptors (Lipinski definition) is 1. The lowest BCUT2D eigenvalue weighted by atomic mass is 9.75. The van der Waals surface area contributed by atoms with Crippen molar-refractivity contribution in [1.29, 1.82) is 0 Å². The molecule has 0 radical (unpaired) electrons. The van der Waals surface area contributed by atoms with Crippen molar-refractivity contribution in [2.75, 3.05) is 6.54 Å². The van der Waals surface area contributed by atoms with Gasteiger partial charge in [-0.15, -0.1) is 5.73 Å². The fourth-order valence-corrected chi connectivity index (χ4v) is 3.64. The minimum Gasteiger partial charge on any atom is -0.361 e. The quantitative estimate of drug-likeness (QED) is 0.489. The minimum absolute atomic E-state index is 0.0568. The van der Waals surface area contributed by atoms with Gasteiger partial charge in [-0.25, -0.2) is 0 Å². The molecular formula is C21H27N. The molecule has 0 aromatic carbocycles. The van der Waals surface area contributed by atoms with Crippen LogP contribution in [0.4, 0.5) is 0 Å². The minimum atomic E-state index is 0.0568. The van der Waals surface area contributed by atoms with Gasteiger partial charge in [0.1, 0.15) is 0 Å². The van der Waals surface area contributed by atoms with Crippen LogP contribution < -0.4 is 0 Å². The summed E-state index contributed by atoms with van der Waals surface area (Å²) in [5.41, 5.74) is 7.21. The van der Waals surface area contributed by atoms with Gasteiger partial charge in [0.05, 0.1) is 11.7 Å². The van der Waals surface area contributed by atoms with Crippen LogP contribution >= 0.6 is 0 Å². The van der Waals surface area contributed by atoms with E-state index in [1.165, 1.54) is 16.8 Å². The topological polar surface area (TPSA) is 3.24 Å². The summed E-state index contributed by atoms with van der Waals surface area (Å²) in [6.45, 7) is 17.3. The van der Waals surface area contributed by atoms with Crippen molar-refractivity contribution >= 4 is 0 Å². The van der Waals surface area contributed by atoms with Crippen LogP contribution in [0.3, 0.4) is 0 Å². The van der Waals surface area contributed by atoms with Crippen LogP contribution in [0.5, 0.6) is 0 Å². The van der Waals surface area contributed by atoms with E-state index >= 15 is 0 Å². The van der Waals surface area contributed by atoms with Crippen molar-refractivity contribution in [3.05, 3.63) is 78.8 Å². The van der Waals surface area contributed by atoms with Gasteiger partial charge in [-0.05, 0) is 38.7 Å². The highest BCUT2D eigenvalue weighted by Gasteiger charge is 2.43. The van der Waals surface area contributed by atoms with E-state index in [9.17, 15) is 0 Å². The van der Waals surface area contributed by atoms with Crippen molar-refractivity contribution in [2.24, 2.45) is 5.41 Å². The monoisotopic (exact) mass is 293 g/mol. The highest BCUT2D eigenvalue weighted by Crippen LogP contribution is 2.48. The van der Waals surface area contributed by atoms with E-state index in [1.807, 2.05) is 18.2 Å². The number of rotatable bonds is 5. The summed E-state index contributed by atoms with van der Waals surface area (Å²) in [7, 11) is 0. The summed E-state index contributed by atoms with van der Waals surface area (Å²) in [5.74, 6) is 0. The fraction of sp³-hybridized carbons (Fsp3) is 0.381. The van der Waals surface area contributed by atoms with Gasteiger partial charge in [-0.3, -0.25) is 0 Å². The molecule has 0 aromatic heterocycles. The fourth-order valence-electron chi connectivity index (χ4n) is 3.64. The van der Waals surface area contributed by atoms with Crippen LogP contribution in [0.1, 0.15) is 33.1 Å². The summed E-state index contributed by atoms with van der Waals surface area (Å²) in [4.78, 5) is 2.42. The summed E-state index contributed by atoms with van der Waals surface area (Å²) in [5, 5.41) is 0. The number of nitrogens with zero attached hydrogens (tertiary/aromatic N) is 1. The van der Waals surface area contributed by atoms with Crippen LogP contribution in [0.15, 0.2) is 78.8 Å². The lowest BCUT2D eigenvalue weighted by molar-refractivity contribution is 0.332. The van der Waals surface area contributed by atoms with E-state index < -0.39 is 0 Å². The second kappa shape index (κ2) is 6.85. The van der Waals surface area contributed by atoms with E-state index in [0.717, 1.165) is 25.8 Å². The predicted molar refractivity (Wildman–Crippen MR) is 96.5 cm³/mol. The summed E-state index contributed by atoms with van der Waals surface area (Å²) in [6, 6.07) is 0.265. The van der Waals surface area contributed by atoms with E-state index in [4.69, 9.17) is 0 Å². The summed E-state index contributed by atoms with van der Waals surface area (Å²) < 4.78 is 0. The molecule has 0 N–H and O–H groups in total. The second-order valence-corrected chi connectivity index (χ2v) is 6.24. The Morgan fingerprint density at radius 3 is 2.77 bits per heavy atom. The van der Waals surface area contributed by atoms with Crippen LogP contribution in [0, 0.1) is 5.41 Å². The molecular weight excluding hydrogens is 266 g/mol. The molecule has 1 unspecified atom stereocenters. The molecule has 1 heterocycles. The molecule has 1 fully saturated rings. The zero-order valence-corrected chi connectivity index (χ0v) is 13.9. The lowest BCUT2D eigenvalue weighted by Gasteiger charge is -2.34.